The molecule has 0 aromatic heterocycles. The summed E-state index contributed by atoms with van der Waals surface area (Å²) >= 11 is 6.11. The van der Waals surface area contributed by atoms with Crippen molar-refractivity contribution in [1.82, 2.24) is 9.80 Å². The molecule has 5 nitrogen and oxygen atoms in total. The molecule has 0 atom stereocenters. The van der Waals surface area contributed by atoms with E-state index in [2.05, 4.69) is 11.8 Å². The number of hydrogen-bond donors (Lipinski definition) is 1. The number of carbonyl (C=O) groups excluding carboxylic acids is 2. The van der Waals surface area contributed by atoms with Crippen molar-refractivity contribution < 1.29 is 9.59 Å². The maximum absolute atomic E-state index is 12.4. The zero-order valence-electron chi connectivity index (χ0n) is 11.7. The predicted octanol–water partition coefficient (Wildman–Crippen LogP) is 0.564. The van der Waals surface area contributed by atoms with Gasteiger partial charge in [0.25, 0.3) is 5.91 Å². The van der Waals surface area contributed by atoms with Crippen LogP contribution in [0.25, 0.3) is 0 Å². The molecular weight excluding hydrogens is 290 g/mol. The Hall–Kier alpha value is -2.03. The molecule has 21 heavy (non-hydrogen) atoms. The average Bonchev–Trinajstić information content (AvgIpc) is 2.48. The maximum atomic E-state index is 12.4. The number of likely N-dealkylation sites (N-methyl/N-ethyl adjacent to an activating group) is 1. The number of benzene rings is 1. The zero-order valence-corrected chi connectivity index (χ0v) is 12.5. The van der Waals surface area contributed by atoms with Crippen molar-refractivity contribution in [3.63, 3.8) is 0 Å². The first kappa shape index (κ1) is 15.4. The van der Waals surface area contributed by atoms with Crippen LogP contribution >= 0.6 is 11.6 Å². The van der Waals surface area contributed by atoms with Gasteiger partial charge in [0.05, 0.1) is 11.6 Å². The number of halogens is 1. The van der Waals surface area contributed by atoms with E-state index in [1.165, 1.54) is 4.90 Å². The standard InChI is InChI=1S/C15H16ClN3O2/c1-18-7-8-19(10-14(18)20)15(21)12-5-4-11(3-2-6-17)13(16)9-12/h4-5,9H,6-8,10,17H2,1H3. The van der Waals surface area contributed by atoms with Crippen molar-refractivity contribution in [1.29, 1.82) is 0 Å². The van der Waals surface area contributed by atoms with E-state index in [-0.39, 0.29) is 24.9 Å². The molecule has 1 aromatic rings. The Morgan fingerprint density at radius 3 is 2.81 bits per heavy atom. The number of nitrogens with zero attached hydrogens (tertiary/aromatic N) is 2. The molecule has 0 spiro atoms. The fraction of sp³-hybridized carbons (Fsp3) is 0.333. The average molecular weight is 306 g/mol. The molecule has 110 valence electrons. The van der Waals surface area contributed by atoms with Crippen LogP contribution in [0, 0.1) is 11.8 Å². The van der Waals surface area contributed by atoms with Crippen LogP contribution in [0.15, 0.2) is 18.2 Å². The molecule has 2 rings (SSSR count). The molecule has 6 heteroatoms. The molecule has 0 saturated carbocycles. The SMILES string of the molecule is CN1CCN(C(=O)c2ccc(C#CCN)c(Cl)c2)CC1=O. The van der Waals surface area contributed by atoms with Gasteiger partial charge in [-0.15, -0.1) is 0 Å². The van der Waals surface area contributed by atoms with Gasteiger partial charge in [0.2, 0.25) is 5.91 Å². The summed E-state index contributed by atoms with van der Waals surface area (Å²) in [6.45, 7) is 1.41. The fourth-order valence-corrected chi connectivity index (χ4v) is 2.24. The second-order valence-corrected chi connectivity index (χ2v) is 5.15. The highest BCUT2D eigenvalue weighted by molar-refractivity contribution is 6.32. The molecule has 1 saturated heterocycles. The lowest BCUT2D eigenvalue weighted by atomic mass is 10.1. The van der Waals surface area contributed by atoms with Crippen LogP contribution in [0.2, 0.25) is 5.02 Å². The van der Waals surface area contributed by atoms with Crippen molar-refractivity contribution in [3.05, 3.63) is 34.3 Å². The van der Waals surface area contributed by atoms with Gasteiger partial charge in [-0.25, -0.2) is 0 Å². The molecule has 1 aliphatic rings. The minimum atomic E-state index is -0.198. The minimum absolute atomic E-state index is 0.0638. The first-order valence-electron chi connectivity index (χ1n) is 6.54. The topological polar surface area (TPSA) is 66.6 Å². The molecule has 2 amide bonds. The molecule has 0 unspecified atom stereocenters. The van der Waals surface area contributed by atoms with Crippen LogP contribution in [-0.4, -0.2) is 54.8 Å². The lowest BCUT2D eigenvalue weighted by Gasteiger charge is -2.32. The first-order valence-corrected chi connectivity index (χ1v) is 6.92. The number of hydrogen-bond acceptors (Lipinski definition) is 3. The zero-order chi connectivity index (χ0) is 15.4. The van der Waals surface area contributed by atoms with Gasteiger partial charge in [-0.3, -0.25) is 9.59 Å². The predicted molar refractivity (Wildman–Crippen MR) is 80.9 cm³/mol. The Bertz CT molecular complexity index is 634. The number of carbonyl (C=O) groups is 2. The van der Waals surface area contributed by atoms with Gasteiger partial charge < -0.3 is 15.5 Å². The molecule has 0 aliphatic carbocycles. The molecule has 2 N–H and O–H groups in total. The Morgan fingerprint density at radius 2 is 2.19 bits per heavy atom. The highest BCUT2D eigenvalue weighted by Gasteiger charge is 2.25. The second kappa shape index (κ2) is 6.61. The summed E-state index contributed by atoms with van der Waals surface area (Å²) in [5, 5.41) is 0.405. The second-order valence-electron chi connectivity index (χ2n) is 4.74. The van der Waals surface area contributed by atoms with E-state index in [9.17, 15) is 9.59 Å². The number of amides is 2. The smallest absolute Gasteiger partial charge is 0.254 e. The summed E-state index contributed by atoms with van der Waals surface area (Å²) in [7, 11) is 1.73. The molecule has 1 aromatic carbocycles. The quantitative estimate of drug-likeness (QED) is 0.771. The van der Waals surface area contributed by atoms with Gasteiger partial charge in [-0.2, -0.15) is 0 Å². The van der Waals surface area contributed by atoms with Crippen molar-refractivity contribution >= 4 is 23.4 Å². The van der Waals surface area contributed by atoms with Crippen LogP contribution in [0.4, 0.5) is 0 Å². The number of nitrogens with two attached hydrogens (primary N) is 1. The summed E-state index contributed by atoms with van der Waals surface area (Å²) in [6, 6.07) is 4.93. The first-order chi connectivity index (χ1) is 10.0. The minimum Gasteiger partial charge on any atom is -0.342 e. The molecule has 0 bridgehead atoms. The third kappa shape index (κ3) is 3.54. The molecular formula is C15H16ClN3O2. The number of piperazine rings is 1. The van der Waals surface area contributed by atoms with Crippen molar-refractivity contribution in [3.8, 4) is 11.8 Å². The van der Waals surface area contributed by atoms with Gasteiger partial charge in [-0.05, 0) is 18.2 Å². The summed E-state index contributed by atoms with van der Waals surface area (Å²) in [5.41, 5.74) is 6.40. The van der Waals surface area contributed by atoms with Gasteiger partial charge in [-0.1, -0.05) is 23.4 Å². The maximum Gasteiger partial charge on any atom is 0.254 e. The summed E-state index contributed by atoms with van der Waals surface area (Å²) in [6.07, 6.45) is 0. The van der Waals surface area contributed by atoms with Crippen molar-refractivity contribution in [2.24, 2.45) is 5.73 Å². The van der Waals surface area contributed by atoms with E-state index >= 15 is 0 Å². The van der Waals surface area contributed by atoms with Crippen LogP contribution < -0.4 is 5.73 Å². The summed E-state index contributed by atoms with van der Waals surface area (Å²) in [4.78, 5) is 27.2. The van der Waals surface area contributed by atoms with Gasteiger partial charge in [0.15, 0.2) is 0 Å². The van der Waals surface area contributed by atoms with E-state index < -0.39 is 0 Å². The third-order valence-electron chi connectivity index (χ3n) is 3.29. The van der Waals surface area contributed by atoms with Gasteiger partial charge >= 0.3 is 0 Å². The van der Waals surface area contributed by atoms with E-state index in [0.717, 1.165) is 0 Å². The van der Waals surface area contributed by atoms with E-state index in [1.807, 2.05) is 0 Å². The fourth-order valence-electron chi connectivity index (χ4n) is 2.01. The lowest BCUT2D eigenvalue weighted by Crippen LogP contribution is -2.50. The van der Waals surface area contributed by atoms with Gasteiger partial charge in [0, 0.05) is 31.3 Å². The lowest BCUT2D eigenvalue weighted by molar-refractivity contribution is -0.133. The van der Waals surface area contributed by atoms with Crippen molar-refractivity contribution in [2.45, 2.75) is 0 Å². The highest BCUT2D eigenvalue weighted by atomic mass is 35.5. The van der Waals surface area contributed by atoms with E-state index in [1.54, 1.807) is 30.1 Å². The Morgan fingerprint density at radius 1 is 1.43 bits per heavy atom. The number of rotatable bonds is 1. The van der Waals surface area contributed by atoms with Crippen LogP contribution in [-0.2, 0) is 4.79 Å². The van der Waals surface area contributed by atoms with Crippen LogP contribution in [0.3, 0.4) is 0 Å². The van der Waals surface area contributed by atoms with Crippen LogP contribution in [0.5, 0.6) is 0 Å². The Labute approximate surface area is 128 Å². The normalized spacial score (nSPS) is 14.7. The monoisotopic (exact) mass is 305 g/mol. The summed E-state index contributed by atoms with van der Waals surface area (Å²) < 4.78 is 0. The van der Waals surface area contributed by atoms with Crippen molar-refractivity contribution in [2.75, 3.05) is 33.2 Å². The molecule has 0 radical (unpaired) electrons. The van der Waals surface area contributed by atoms with Gasteiger partial charge in [0.1, 0.15) is 6.54 Å². The third-order valence-corrected chi connectivity index (χ3v) is 3.60. The van der Waals surface area contributed by atoms with Crippen LogP contribution in [0.1, 0.15) is 15.9 Å². The highest BCUT2D eigenvalue weighted by Crippen LogP contribution is 2.19. The summed E-state index contributed by atoms with van der Waals surface area (Å²) in [5.74, 6) is 5.29. The largest absolute Gasteiger partial charge is 0.342 e. The molecule has 1 fully saturated rings. The molecule has 1 heterocycles. The Balaban J connectivity index is 2.17. The van der Waals surface area contributed by atoms with E-state index in [4.69, 9.17) is 17.3 Å². The molecule has 1 aliphatic heterocycles. The Kier molecular flexibility index (Phi) is 4.84. The van der Waals surface area contributed by atoms with E-state index in [0.29, 0.717) is 29.2 Å².